The summed E-state index contributed by atoms with van der Waals surface area (Å²) in [5, 5.41) is 0. The smallest absolute Gasteiger partial charge is 0.167 e. The molecule has 0 bridgehead atoms. The summed E-state index contributed by atoms with van der Waals surface area (Å²) in [5.41, 5.74) is 0.240. The average molecular weight is 437 g/mol. The van der Waals surface area contributed by atoms with Crippen molar-refractivity contribution >= 4 is 44.3 Å². The van der Waals surface area contributed by atoms with Crippen molar-refractivity contribution in [1.82, 2.24) is 0 Å². The van der Waals surface area contributed by atoms with Crippen LogP contribution in [0.5, 0.6) is 0 Å². The van der Waals surface area contributed by atoms with Gasteiger partial charge in [0.25, 0.3) is 0 Å². The van der Waals surface area contributed by atoms with Crippen LogP contribution in [0.3, 0.4) is 0 Å². The van der Waals surface area contributed by atoms with Crippen LogP contribution in [-0.4, -0.2) is 5.78 Å². The minimum atomic E-state index is -0.723. The van der Waals surface area contributed by atoms with E-state index in [9.17, 15) is 13.6 Å². The highest BCUT2D eigenvalue weighted by Gasteiger charge is 2.17. The van der Waals surface area contributed by atoms with Crippen LogP contribution in [0.25, 0.3) is 0 Å². The average Bonchev–Trinajstić information content (AvgIpc) is 2.39. The summed E-state index contributed by atoms with van der Waals surface area (Å²) in [6, 6.07) is 9.34. The van der Waals surface area contributed by atoms with Gasteiger partial charge >= 0.3 is 0 Å². The molecule has 0 aliphatic rings. The molecule has 0 fully saturated rings. The molecule has 2 aromatic carbocycles. The van der Waals surface area contributed by atoms with E-state index < -0.39 is 11.6 Å². The molecule has 5 heteroatoms. The summed E-state index contributed by atoms with van der Waals surface area (Å²) in [6.07, 6.45) is -0.294. The van der Waals surface area contributed by atoms with E-state index in [4.69, 9.17) is 0 Å². The maximum atomic E-state index is 13.8. The molecule has 0 saturated heterocycles. The molecule has 0 spiro atoms. The first-order chi connectivity index (χ1) is 8.99. The maximum absolute atomic E-state index is 13.8. The molecule has 2 aromatic rings. The van der Waals surface area contributed by atoms with Crippen LogP contribution in [0.1, 0.15) is 15.9 Å². The molecule has 0 aliphatic carbocycles. The lowest BCUT2D eigenvalue weighted by atomic mass is 10.0. The minimum Gasteiger partial charge on any atom is -0.294 e. The van der Waals surface area contributed by atoms with E-state index in [2.05, 4.69) is 38.5 Å². The predicted molar refractivity (Wildman–Crippen MR) is 81.3 cm³/mol. The number of hydrogen-bond acceptors (Lipinski definition) is 1. The monoisotopic (exact) mass is 436 g/mol. The van der Waals surface area contributed by atoms with Crippen LogP contribution in [0.4, 0.5) is 8.78 Å². The van der Waals surface area contributed by atoms with Crippen LogP contribution in [-0.2, 0) is 6.42 Å². The Kier molecular flexibility index (Phi) is 4.67. The van der Waals surface area contributed by atoms with E-state index in [0.717, 1.165) is 9.64 Å². The van der Waals surface area contributed by atoms with Gasteiger partial charge in [0.15, 0.2) is 5.78 Å². The van der Waals surface area contributed by atoms with Crippen molar-refractivity contribution in [2.24, 2.45) is 0 Å². The second kappa shape index (κ2) is 6.09. The van der Waals surface area contributed by atoms with Gasteiger partial charge in [-0.2, -0.15) is 0 Å². The zero-order valence-corrected chi connectivity index (χ0v) is 13.3. The van der Waals surface area contributed by atoms with Gasteiger partial charge in [-0.1, -0.05) is 12.1 Å². The van der Waals surface area contributed by atoms with Gasteiger partial charge in [-0.25, -0.2) is 8.78 Å². The van der Waals surface area contributed by atoms with Gasteiger partial charge in [-0.15, -0.1) is 0 Å². The quantitative estimate of drug-likeness (QED) is 0.385. The zero-order valence-electron chi connectivity index (χ0n) is 9.59. The van der Waals surface area contributed by atoms with Crippen LogP contribution in [0.2, 0.25) is 0 Å². The van der Waals surface area contributed by atoms with Crippen molar-refractivity contribution in [3.05, 3.63) is 67.2 Å². The van der Waals surface area contributed by atoms with Gasteiger partial charge in [0.1, 0.15) is 11.6 Å². The Morgan fingerprint density at radius 1 is 1.21 bits per heavy atom. The fourth-order valence-electron chi connectivity index (χ4n) is 1.66. The highest BCUT2D eigenvalue weighted by Crippen LogP contribution is 2.23. The number of rotatable bonds is 3. The largest absolute Gasteiger partial charge is 0.294 e. The second-order valence-corrected chi connectivity index (χ2v) is 6.03. The summed E-state index contributed by atoms with van der Waals surface area (Å²) in [4.78, 5) is 12.0. The van der Waals surface area contributed by atoms with Crippen LogP contribution >= 0.6 is 38.5 Å². The fourth-order valence-corrected chi connectivity index (χ4v) is 2.57. The molecule has 98 valence electrons. The molecule has 0 radical (unpaired) electrons. The van der Waals surface area contributed by atoms with Gasteiger partial charge in [-0.3, -0.25) is 4.79 Å². The van der Waals surface area contributed by atoms with Crippen molar-refractivity contribution in [3.63, 3.8) is 0 Å². The number of benzene rings is 2. The molecular weight excluding hydrogens is 429 g/mol. The molecule has 1 nitrogen and oxygen atoms in total. The van der Waals surface area contributed by atoms with Crippen LogP contribution < -0.4 is 0 Å². The molecule has 0 aliphatic heterocycles. The lowest BCUT2D eigenvalue weighted by molar-refractivity contribution is 0.0990. The first kappa shape index (κ1) is 14.6. The minimum absolute atomic E-state index is 0.152. The van der Waals surface area contributed by atoms with Gasteiger partial charge in [-0.05, 0) is 62.8 Å². The summed E-state index contributed by atoms with van der Waals surface area (Å²) in [6.45, 7) is 0. The molecule has 0 unspecified atom stereocenters. The van der Waals surface area contributed by atoms with Gasteiger partial charge in [0.05, 0.1) is 4.47 Å². The molecule has 0 N–H and O–H groups in total. The number of hydrogen-bond donors (Lipinski definition) is 0. The third-order valence-corrected chi connectivity index (χ3v) is 3.91. The van der Waals surface area contributed by atoms with Crippen molar-refractivity contribution in [1.29, 1.82) is 0 Å². The Labute approximate surface area is 131 Å². The van der Waals surface area contributed by atoms with Gasteiger partial charge in [0, 0.05) is 21.1 Å². The van der Waals surface area contributed by atoms with E-state index >= 15 is 0 Å². The summed E-state index contributed by atoms with van der Waals surface area (Å²) in [7, 11) is 0. The summed E-state index contributed by atoms with van der Waals surface area (Å²) in [5.74, 6) is -1.74. The summed E-state index contributed by atoms with van der Waals surface area (Å²) < 4.78 is 28.4. The summed E-state index contributed by atoms with van der Waals surface area (Å²) >= 11 is 5.06. The third kappa shape index (κ3) is 3.39. The molecule has 19 heavy (non-hydrogen) atoms. The molecule has 0 aromatic heterocycles. The van der Waals surface area contributed by atoms with E-state index in [0.29, 0.717) is 5.56 Å². The highest BCUT2D eigenvalue weighted by atomic mass is 127. The van der Waals surface area contributed by atoms with Crippen molar-refractivity contribution in [2.45, 2.75) is 6.42 Å². The Bertz CT molecular complexity index is 643. The molecule has 0 saturated carbocycles. The van der Waals surface area contributed by atoms with Crippen LogP contribution in [0.15, 0.2) is 40.9 Å². The zero-order chi connectivity index (χ0) is 14.0. The number of carbonyl (C=O) groups is 1. The van der Waals surface area contributed by atoms with E-state index in [1.54, 1.807) is 18.2 Å². The van der Waals surface area contributed by atoms with E-state index in [1.165, 1.54) is 6.07 Å². The number of halogens is 4. The Balaban J connectivity index is 2.32. The molecule has 0 heterocycles. The van der Waals surface area contributed by atoms with Crippen LogP contribution in [0, 0.1) is 15.2 Å². The second-order valence-electron chi connectivity index (χ2n) is 3.93. The lowest BCUT2D eigenvalue weighted by Crippen LogP contribution is -2.08. The lowest BCUT2D eigenvalue weighted by Gasteiger charge is -2.06. The van der Waals surface area contributed by atoms with E-state index in [1.807, 2.05) is 6.07 Å². The van der Waals surface area contributed by atoms with Crippen molar-refractivity contribution in [2.75, 3.05) is 0 Å². The molecule has 0 atom stereocenters. The highest BCUT2D eigenvalue weighted by molar-refractivity contribution is 14.1. The number of ketones is 1. The fraction of sp³-hybridized carbons (Fsp3) is 0.0714. The topological polar surface area (TPSA) is 17.1 Å². The Morgan fingerprint density at radius 3 is 2.63 bits per heavy atom. The maximum Gasteiger partial charge on any atom is 0.167 e. The van der Waals surface area contributed by atoms with Crippen molar-refractivity contribution < 1.29 is 13.6 Å². The molecule has 0 amide bonds. The normalized spacial score (nSPS) is 10.5. The Morgan fingerprint density at radius 2 is 1.95 bits per heavy atom. The predicted octanol–water partition coefficient (Wildman–Crippen LogP) is 4.76. The first-order valence-electron chi connectivity index (χ1n) is 5.40. The first-order valence-corrected chi connectivity index (χ1v) is 7.27. The van der Waals surface area contributed by atoms with Gasteiger partial charge in [0.2, 0.25) is 0 Å². The van der Waals surface area contributed by atoms with Gasteiger partial charge < -0.3 is 0 Å². The van der Waals surface area contributed by atoms with E-state index in [-0.39, 0.29) is 22.2 Å². The van der Waals surface area contributed by atoms with Crippen molar-refractivity contribution in [3.8, 4) is 0 Å². The molecule has 2 rings (SSSR count). The number of carbonyl (C=O) groups excluding carboxylic acids is 1. The third-order valence-electron chi connectivity index (χ3n) is 2.62. The standard InChI is InChI=1S/C14H8BrF2IO/c15-11-4-5-12(16)10(14(11)17)7-13(19)8-2-1-3-9(18)6-8/h1-6H,7H2. The molecular formula is C14H8BrF2IO. The number of Topliss-reactive ketones (excluding diaryl/α,β-unsaturated/α-hetero) is 1. The SMILES string of the molecule is O=C(Cc1c(F)ccc(Br)c1F)c1cccc(I)c1. The Hall–Kier alpha value is -0.820.